The summed E-state index contributed by atoms with van der Waals surface area (Å²) in [5.74, 6) is 5.42. The lowest BCUT2D eigenvalue weighted by Crippen LogP contribution is -2.38. The second-order valence-electron chi connectivity index (χ2n) is 2.68. The van der Waals surface area contributed by atoms with E-state index in [2.05, 4.69) is 6.58 Å². The van der Waals surface area contributed by atoms with E-state index in [0.717, 1.165) is 24.3 Å². The first-order valence-electron chi connectivity index (χ1n) is 4.52. The Morgan fingerprint density at radius 2 is 2.31 bits per heavy atom. The molecule has 0 aliphatic carbocycles. The molecule has 4 nitrogen and oxygen atoms in total. The fraction of sp³-hybridized carbons (Fsp3) is 0.667. The van der Waals surface area contributed by atoms with Crippen LogP contribution in [0.2, 0.25) is 0 Å². The van der Waals surface area contributed by atoms with Gasteiger partial charge in [-0.1, -0.05) is 6.08 Å². The molecule has 0 spiro atoms. The third-order valence-electron chi connectivity index (χ3n) is 1.56. The number of hydrogen-bond acceptors (Lipinski definition) is 3. The first-order chi connectivity index (χ1) is 6.22. The highest BCUT2D eigenvalue weighted by Crippen LogP contribution is 1.97. The van der Waals surface area contributed by atoms with Crippen LogP contribution in [0.4, 0.5) is 4.79 Å². The molecule has 0 aromatic heterocycles. The SMILES string of the molecule is C=CCCCCN(N)C(=O)OCC. The van der Waals surface area contributed by atoms with Gasteiger partial charge in [0.05, 0.1) is 6.61 Å². The lowest BCUT2D eigenvalue weighted by molar-refractivity contribution is 0.107. The zero-order chi connectivity index (χ0) is 10.1. The van der Waals surface area contributed by atoms with E-state index in [-0.39, 0.29) is 0 Å². The standard InChI is InChI=1S/C9H18N2O2/c1-3-5-6-7-8-11(10)9(12)13-4-2/h3H,1,4-8,10H2,2H3. The van der Waals surface area contributed by atoms with Crippen molar-refractivity contribution in [3.05, 3.63) is 12.7 Å². The average Bonchev–Trinajstić information content (AvgIpc) is 2.12. The molecule has 0 unspecified atom stereocenters. The molecule has 0 heterocycles. The van der Waals surface area contributed by atoms with Crippen LogP contribution in [0.3, 0.4) is 0 Å². The fourth-order valence-electron chi connectivity index (χ4n) is 0.868. The van der Waals surface area contributed by atoms with Crippen molar-refractivity contribution in [1.82, 2.24) is 5.01 Å². The summed E-state index contributed by atoms with van der Waals surface area (Å²) in [6.45, 7) is 6.25. The normalized spacial score (nSPS) is 9.38. The molecule has 76 valence electrons. The monoisotopic (exact) mass is 186 g/mol. The van der Waals surface area contributed by atoms with Crippen LogP contribution in [-0.4, -0.2) is 24.3 Å². The van der Waals surface area contributed by atoms with Crippen molar-refractivity contribution < 1.29 is 9.53 Å². The Hall–Kier alpha value is -1.03. The second-order valence-corrected chi connectivity index (χ2v) is 2.68. The van der Waals surface area contributed by atoms with Crippen LogP contribution >= 0.6 is 0 Å². The van der Waals surface area contributed by atoms with E-state index < -0.39 is 6.09 Å². The minimum Gasteiger partial charge on any atom is -0.449 e. The van der Waals surface area contributed by atoms with Crippen molar-refractivity contribution in [1.29, 1.82) is 0 Å². The van der Waals surface area contributed by atoms with Crippen LogP contribution < -0.4 is 5.84 Å². The predicted molar refractivity (Wildman–Crippen MR) is 52.0 cm³/mol. The molecular weight excluding hydrogens is 168 g/mol. The molecule has 0 saturated heterocycles. The highest BCUT2D eigenvalue weighted by Gasteiger charge is 2.07. The van der Waals surface area contributed by atoms with Gasteiger partial charge < -0.3 is 4.74 Å². The zero-order valence-corrected chi connectivity index (χ0v) is 8.16. The molecule has 0 aliphatic rings. The maximum Gasteiger partial charge on any atom is 0.424 e. The molecular formula is C9H18N2O2. The Kier molecular flexibility index (Phi) is 7.01. The Balaban J connectivity index is 3.43. The number of nitrogens with zero attached hydrogens (tertiary/aromatic N) is 1. The van der Waals surface area contributed by atoms with Crippen LogP contribution in [0, 0.1) is 0 Å². The Bertz CT molecular complexity index is 160. The van der Waals surface area contributed by atoms with Crippen LogP contribution in [0.25, 0.3) is 0 Å². The van der Waals surface area contributed by atoms with Gasteiger partial charge in [-0.05, 0) is 26.2 Å². The van der Waals surface area contributed by atoms with Gasteiger partial charge in [0, 0.05) is 6.54 Å². The molecule has 0 bridgehead atoms. The Labute approximate surface area is 79.3 Å². The van der Waals surface area contributed by atoms with Crippen molar-refractivity contribution >= 4 is 6.09 Å². The molecule has 0 radical (unpaired) electrons. The van der Waals surface area contributed by atoms with Gasteiger partial charge in [0.15, 0.2) is 0 Å². The number of carbonyl (C=O) groups is 1. The van der Waals surface area contributed by atoms with Gasteiger partial charge >= 0.3 is 6.09 Å². The topological polar surface area (TPSA) is 55.6 Å². The number of hydrogen-bond donors (Lipinski definition) is 1. The second kappa shape index (κ2) is 7.61. The highest BCUT2D eigenvalue weighted by molar-refractivity contribution is 5.66. The van der Waals surface area contributed by atoms with E-state index >= 15 is 0 Å². The number of unbranched alkanes of at least 4 members (excludes halogenated alkanes) is 2. The molecule has 0 aliphatic heterocycles. The molecule has 4 heteroatoms. The Morgan fingerprint density at radius 3 is 2.85 bits per heavy atom. The van der Waals surface area contributed by atoms with Gasteiger partial charge in [-0.15, -0.1) is 6.58 Å². The van der Waals surface area contributed by atoms with Gasteiger partial charge in [0.1, 0.15) is 0 Å². The number of rotatable bonds is 6. The zero-order valence-electron chi connectivity index (χ0n) is 8.16. The molecule has 0 fully saturated rings. The van der Waals surface area contributed by atoms with Gasteiger partial charge in [-0.25, -0.2) is 15.6 Å². The molecule has 1 amide bonds. The molecule has 0 atom stereocenters. The summed E-state index contributed by atoms with van der Waals surface area (Å²) in [4.78, 5) is 11.0. The van der Waals surface area contributed by atoms with E-state index in [1.807, 2.05) is 6.08 Å². The third kappa shape index (κ3) is 6.16. The van der Waals surface area contributed by atoms with Gasteiger partial charge in [0.25, 0.3) is 0 Å². The Morgan fingerprint density at radius 1 is 1.62 bits per heavy atom. The number of allylic oxidation sites excluding steroid dienone is 1. The molecule has 0 aromatic rings. The van der Waals surface area contributed by atoms with E-state index in [0.29, 0.717) is 13.2 Å². The van der Waals surface area contributed by atoms with Crippen molar-refractivity contribution in [3.8, 4) is 0 Å². The smallest absolute Gasteiger partial charge is 0.424 e. The van der Waals surface area contributed by atoms with Crippen molar-refractivity contribution in [2.24, 2.45) is 5.84 Å². The first kappa shape index (κ1) is 12.0. The van der Waals surface area contributed by atoms with Gasteiger partial charge in [-0.3, -0.25) is 0 Å². The molecule has 0 saturated carbocycles. The van der Waals surface area contributed by atoms with E-state index in [1.54, 1.807) is 6.92 Å². The molecule has 2 N–H and O–H groups in total. The van der Waals surface area contributed by atoms with E-state index in [9.17, 15) is 4.79 Å². The summed E-state index contributed by atoms with van der Waals surface area (Å²) in [5.41, 5.74) is 0. The van der Waals surface area contributed by atoms with Crippen LogP contribution in [0.1, 0.15) is 26.2 Å². The lowest BCUT2D eigenvalue weighted by Gasteiger charge is -2.14. The van der Waals surface area contributed by atoms with E-state index in [1.165, 1.54) is 0 Å². The molecule has 0 rings (SSSR count). The summed E-state index contributed by atoms with van der Waals surface area (Å²) in [6, 6.07) is 0. The minimum absolute atomic E-state index is 0.360. The number of ether oxygens (including phenoxy) is 1. The summed E-state index contributed by atoms with van der Waals surface area (Å²) in [5, 5.41) is 1.10. The number of hydrazine groups is 1. The van der Waals surface area contributed by atoms with Gasteiger partial charge in [0.2, 0.25) is 0 Å². The first-order valence-corrected chi connectivity index (χ1v) is 4.52. The largest absolute Gasteiger partial charge is 0.449 e. The number of amides is 1. The van der Waals surface area contributed by atoms with Crippen molar-refractivity contribution in [2.75, 3.05) is 13.2 Å². The van der Waals surface area contributed by atoms with E-state index in [4.69, 9.17) is 10.6 Å². The summed E-state index contributed by atoms with van der Waals surface area (Å²) in [7, 11) is 0. The fourth-order valence-corrected chi connectivity index (χ4v) is 0.868. The summed E-state index contributed by atoms with van der Waals surface area (Å²) in [6.07, 6.45) is 4.22. The molecule has 0 aromatic carbocycles. The van der Waals surface area contributed by atoms with Crippen molar-refractivity contribution in [3.63, 3.8) is 0 Å². The van der Waals surface area contributed by atoms with Crippen LogP contribution in [0.5, 0.6) is 0 Å². The number of carbonyl (C=O) groups excluding carboxylic acids is 1. The lowest BCUT2D eigenvalue weighted by atomic mass is 10.2. The van der Waals surface area contributed by atoms with Gasteiger partial charge in [-0.2, -0.15) is 0 Å². The highest BCUT2D eigenvalue weighted by atomic mass is 16.6. The molecule has 13 heavy (non-hydrogen) atoms. The predicted octanol–water partition coefficient (Wildman–Crippen LogP) is 1.67. The van der Waals surface area contributed by atoms with Crippen LogP contribution in [-0.2, 0) is 4.74 Å². The summed E-state index contributed by atoms with van der Waals surface area (Å²) < 4.78 is 4.70. The third-order valence-corrected chi connectivity index (χ3v) is 1.56. The quantitative estimate of drug-likeness (QED) is 0.226. The summed E-state index contributed by atoms with van der Waals surface area (Å²) >= 11 is 0. The average molecular weight is 186 g/mol. The van der Waals surface area contributed by atoms with Crippen molar-refractivity contribution in [2.45, 2.75) is 26.2 Å². The number of nitrogens with two attached hydrogens (primary N) is 1. The maximum atomic E-state index is 11.0. The maximum absolute atomic E-state index is 11.0. The van der Waals surface area contributed by atoms with Crippen LogP contribution in [0.15, 0.2) is 12.7 Å². The minimum atomic E-state index is -0.457.